The number of rotatable bonds is 6. The number of para-hydroxylation sites is 1. The van der Waals surface area contributed by atoms with Crippen molar-refractivity contribution in [2.45, 2.75) is 57.2 Å². The van der Waals surface area contributed by atoms with E-state index in [0.717, 1.165) is 55.0 Å². The van der Waals surface area contributed by atoms with E-state index in [9.17, 15) is 9.59 Å². The number of carbonyl (C=O) groups excluding carboxylic acids is 2. The van der Waals surface area contributed by atoms with Crippen LogP contribution >= 0.6 is 0 Å². The lowest BCUT2D eigenvalue weighted by Gasteiger charge is -2.28. The summed E-state index contributed by atoms with van der Waals surface area (Å²) in [6.07, 6.45) is 8.08. The first-order valence-electron chi connectivity index (χ1n) is 9.60. The van der Waals surface area contributed by atoms with Crippen LogP contribution in [0.5, 0.6) is 0 Å². The Bertz CT molecular complexity index is 814. The second-order valence-electron chi connectivity index (χ2n) is 7.60. The van der Waals surface area contributed by atoms with Gasteiger partial charge >= 0.3 is 0 Å². The predicted octanol–water partition coefficient (Wildman–Crippen LogP) is 3.31. The number of hydrogen-bond acceptors (Lipinski definition) is 3. The maximum atomic E-state index is 12.6. The molecule has 0 unspecified atom stereocenters. The smallest absolute Gasteiger partial charge is 0.240 e. The lowest BCUT2D eigenvalue weighted by atomic mass is 9.93. The Morgan fingerprint density at radius 2 is 1.85 bits per heavy atom. The van der Waals surface area contributed by atoms with Crippen LogP contribution in [0.25, 0.3) is 10.9 Å². The molecule has 1 aromatic heterocycles. The van der Waals surface area contributed by atoms with Crippen LogP contribution in [0.1, 0.15) is 48.9 Å². The van der Waals surface area contributed by atoms with Crippen molar-refractivity contribution in [3.8, 4) is 0 Å². The van der Waals surface area contributed by atoms with Gasteiger partial charge in [-0.15, -0.1) is 0 Å². The largest absolute Gasteiger partial charge is 0.381 e. The van der Waals surface area contributed by atoms with Gasteiger partial charge < -0.3 is 14.6 Å². The first-order chi connectivity index (χ1) is 12.7. The van der Waals surface area contributed by atoms with Gasteiger partial charge in [0.2, 0.25) is 5.91 Å². The molecule has 0 bridgehead atoms. The number of methoxy groups -OCH3 is 1. The van der Waals surface area contributed by atoms with Crippen molar-refractivity contribution in [3.05, 3.63) is 36.0 Å². The molecule has 5 nitrogen and oxygen atoms in total. The van der Waals surface area contributed by atoms with Crippen LogP contribution in [0, 0.1) is 5.92 Å². The van der Waals surface area contributed by atoms with E-state index < -0.39 is 0 Å². The molecule has 0 saturated heterocycles. The summed E-state index contributed by atoms with van der Waals surface area (Å²) in [4.78, 5) is 25.1. The first kappa shape index (κ1) is 17.3. The maximum absolute atomic E-state index is 12.6. The average Bonchev–Trinajstić information content (AvgIpc) is 3.45. The highest BCUT2D eigenvalue weighted by atomic mass is 16.5. The van der Waals surface area contributed by atoms with Crippen LogP contribution in [-0.4, -0.2) is 35.5 Å². The quantitative estimate of drug-likeness (QED) is 0.810. The summed E-state index contributed by atoms with van der Waals surface area (Å²) < 4.78 is 7.31. The normalized spacial score (nSPS) is 23.1. The molecule has 1 N–H and O–H groups in total. The molecule has 4 rings (SSSR count). The number of carbonyl (C=O) groups is 2. The van der Waals surface area contributed by atoms with E-state index in [1.165, 1.54) is 0 Å². The Kier molecular flexibility index (Phi) is 4.81. The summed E-state index contributed by atoms with van der Waals surface area (Å²) >= 11 is 0. The van der Waals surface area contributed by atoms with Crippen molar-refractivity contribution >= 4 is 22.6 Å². The van der Waals surface area contributed by atoms with Crippen molar-refractivity contribution < 1.29 is 14.3 Å². The Balaban J connectivity index is 1.47. The number of nitrogens with zero attached hydrogens (tertiary/aromatic N) is 1. The molecule has 0 spiro atoms. The topological polar surface area (TPSA) is 60.3 Å². The van der Waals surface area contributed by atoms with E-state index in [0.29, 0.717) is 6.10 Å². The molecule has 2 saturated carbocycles. The molecule has 2 aromatic rings. The second kappa shape index (κ2) is 7.23. The number of hydrogen-bond donors (Lipinski definition) is 1. The molecular formula is C21H26N2O3. The van der Waals surface area contributed by atoms with E-state index in [1.807, 2.05) is 35.0 Å². The third kappa shape index (κ3) is 3.54. The lowest BCUT2D eigenvalue weighted by Crippen LogP contribution is -2.40. The number of ketones is 1. The van der Waals surface area contributed by atoms with Gasteiger partial charge in [0, 0.05) is 41.7 Å². The SMILES string of the molecule is COC1CCC(NC(=O)Cn2cc(C(=O)C3CC3)c3ccccc32)CC1. The summed E-state index contributed by atoms with van der Waals surface area (Å²) in [6, 6.07) is 8.09. The highest BCUT2D eigenvalue weighted by Gasteiger charge is 2.32. The molecule has 2 aliphatic rings. The lowest BCUT2D eigenvalue weighted by molar-refractivity contribution is -0.122. The minimum Gasteiger partial charge on any atom is -0.381 e. The Hall–Kier alpha value is -2.14. The van der Waals surface area contributed by atoms with Crippen LogP contribution in [0.15, 0.2) is 30.5 Å². The Labute approximate surface area is 153 Å². The molecule has 0 atom stereocenters. The van der Waals surface area contributed by atoms with E-state index in [4.69, 9.17) is 4.74 Å². The van der Waals surface area contributed by atoms with Crippen LogP contribution in [-0.2, 0) is 16.1 Å². The minimum absolute atomic E-state index is 0.0111. The van der Waals surface area contributed by atoms with Crippen molar-refractivity contribution in [2.24, 2.45) is 5.92 Å². The predicted molar refractivity (Wildman–Crippen MR) is 100 cm³/mol. The molecule has 2 aliphatic carbocycles. The van der Waals surface area contributed by atoms with Crippen molar-refractivity contribution in [1.82, 2.24) is 9.88 Å². The van der Waals surface area contributed by atoms with Gasteiger partial charge in [-0.25, -0.2) is 0 Å². The zero-order chi connectivity index (χ0) is 18.1. The van der Waals surface area contributed by atoms with Crippen LogP contribution in [0.2, 0.25) is 0 Å². The number of nitrogens with one attached hydrogen (secondary N) is 1. The Morgan fingerprint density at radius 1 is 1.12 bits per heavy atom. The van der Waals surface area contributed by atoms with Gasteiger partial charge in [0.15, 0.2) is 5.78 Å². The number of ether oxygens (including phenoxy) is 1. The van der Waals surface area contributed by atoms with Gasteiger partial charge in [-0.3, -0.25) is 9.59 Å². The number of aromatic nitrogens is 1. The van der Waals surface area contributed by atoms with Crippen LogP contribution in [0.3, 0.4) is 0 Å². The number of benzene rings is 1. The molecule has 2 fully saturated rings. The van der Waals surface area contributed by atoms with E-state index in [2.05, 4.69) is 5.32 Å². The van der Waals surface area contributed by atoms with Gasteiger partial charge in [-0.2, -0.15) is 0 Å². The summed E-state index contributed by atoms with van der Waals surface area (Å²) in [5.41, 5.74) is 1.71. The van der Waals surface area contributed by atoms with Gasteiger partial charge in [0.05, 0.1) is 6.10 Å². The highest BCUT2D eigenvalue weighted by Crippen LogP contribution is 2.35. The summed E-state index contributed by atoms with van der Waals surface area (Å²) in [7, 11) is 1.75. The third-order valence-corrected chi connectivity index (χ3v) is 5.69. The summed E-state index contributed by atoms with van der Waals surface area (Å²) in [6.45, 7) is 0.253. The molecular weight excluding hydrogens is 328 g/mol. The number of fused-ring (bicyclic) bond motifs is 1. The van der Waals surface area contributed by atoms with Gasteiger partial charge in [-0.05, 0) is 44.6 Å². The maximum Gasteiger partial charge on any atom is 0.240 e. The molecule has 0 aliphatic heterocycles. The van der Waals surface area contributed by atoms with Crippen molar-refractivity contribution in [1.29, 1.82) is 0 Å². The monoisotopic (exact) mass is 354 g/mol. The number of Topliss-reactive ketones (excluding diaryl/α,β-unsaturated/α-hetero) is 1. The molecule has 1 amide bonds. The fourth-order valence-corrected chi connectivity index (χ4v) is 4.01. The second-order valence-corrected chi connectivity index (χ2v) is 7.60. The van der Waals surface area contributed by atoms with Crippen molar-refractivity contribution in [2.75, 3.05) is 7.11 Å². The first-order valence-corrected chi connectivity index (χ1v) is 9.60. The van der Waals surface area contributed by atoms with E-state index in [-0.39, 0.29) is 30.2 Å². The van der Waals surface area contributed by atoms with Gasteiger partial charge in [0.25, 0.3) is 0 Å². The fraction of sp³-hybridized carbons (Fsp3) is 0.524. The molecule has 138 valence electrons. The van der Waals surface area contributed by atoms with Crippen LogP contribution in [0.4, 0.5) is 0 Å². The summed E-state index contributed by atoms with van der Waals surface area (Å²) in [5.74, 6) is 0.411. The van der Waals surface area contributed by atoms with E-state index in [1.54, 1.807) is 7.11 Å². The molecule has 1 aromatic carbocycles. The molecule has 5 heteroatoms. The van der Waals surface area contributed by atoms with E-state index >= 15 is 0 Å². The van der Waals surface area contributed by atoms with Crippen LogP contribution < -0.4 is 5.32 Å². The highest BCUT2D eigenvalue weighted by molar-refractivity contribution is 6.10. The molecule has 1 heterocycles. The standard InChI is InChI=1S/C21H26N2O3/c1-26-16-10-8-15(9-11-16)22-20(24)13-23-12-18(21(25)14-6-7-14)17-4-2-3-5-19(17)23/h2-5,12,14-16H,6-11,13H2,1H3,(H,22,24). The zero-order valence-electron chi connectivity index (χ0n) is 15.2. The van der Waals surface area contributed by atoms with Gasteiger partial charge in [0.1, 0.15) is 6.54 Å². The molecule has 26 heavy (non-hydrogen) atoms. The minimum atomic E-state index is 0.0111. The average molecular weight is 354 g/mol. The zero-order valence-corrected chi connectivity index (χ0v) is 15.2. The third-order valence-electron chi connectivity index (χ3n) is 5.69. The Morgan fingerprint density at radius 3 is 2.54 bits per heavy atom. The van der Waals surface area contributed by atoms with Gasteiger partial charge in [-0.1, -0.05) is 18.2 Å². The van der Waals surface area contributed by atoms with Crippen molar-refractivity contribution in [3.63, 3.8) is 0 Å². The number of amides is 1. The summed E-state index contributed by atoms with van der Waals surface area (Å²) in [5, 5.41) is 4.11. The molecule has 0 radical (unpaired) electrons. The fourth-order valence-electron chi connectivity index (χ4n) is 4.01.